The highest BCUT2D eigenvalue weighted by Gasteiger charge is 2.35. The predicted octanol–water partition coefficient (Wildman–Crippen LogP) is 2.01. The summed E-state index contributed by atoms with van der Waals surface area (Å²) in [6, 6.07) is 8.83. The summed E-state index contributed by atoms with van der Waals surface area (Å²) in [4.78, 5) is 28.8. The molecule has 2 aromatic rings. The van der Waals surface area contributed by atoms with E-state index in [2.05, 4.69) is 4.90 Å². The van der Waals surface area contributed by atoms with Gasteiger partial charge in [0.15, 0.2) is 0 Å². The summed E-state index contributed by atoms with van der Waals surface area (Å²) in [5.74, 6) is -1.51. The van der Waals surface area contributed by atoms with Crippen LogP contribution in [0, 0.1) is 0 Å². The number of halogens is 3. The summed E-state index contributed by atoms with van der Waals surface area (Å²) in [5.41, 5.74) is 1.82. The number of carboxylic acid groups (broad SMARTS) is 1. The topological polar surface area (TPSA) is 66.9 Å². The van der Waals surface area contributed by atoms with Crippen LogP contribution in [0.25, 0.3) is 10.8 Å². The Hall–Kier alpha value is -2.81. The maximum absolute atomic E-state index is 12.8. The zero-order chi connectivity index (χ0) is 21.5. The molecule has 2 aliphatic rings. The van der Waals surface area contributed by atoms with Gasteiger partial charge in [-0.3, -0.25) is 9.69 Å². The third-order valence-electron chi connectivity index (χ3n) is 5.66. The smallest absolute Gasteiger partial charge is 0.390 e. The first-order valence-electron chi connectivity index (χ1n) is 9.86. The van der Waals surface area contributed by atoms with Gasteiger partial charge < -0.3 is 19.7 Å². The van der Waals surface area contributed by atoms with Gasteiger partial charge >= 0.3 is 6.18 Å². The van der Waals surface area contributed by atoms with E-state index in [-0.39, 0.29) is 6.54 Å². The maximum Gasteiger partial charge on any atom is 0.390 e. The average Bonchev–Trinajstić information content (AvgIpc) is 2.81. The van der Waals surface area contributed by atoms with Crippen molar-refractivity contribution < 1.29 is 27.9 Å². The van der Waals surface area contributed by atoms with Gasteiger partial charge in [0.1, 0.15) is 0 Å². The lowest BCUT2D eigenvalue weighted by Gasteiger charge is -2.26. The number of aliphatic carboxylic acids is 1. The van der Waals surface area contributed by atoms with Crippen molar-refractivity contribution in [2.75, 3.05) is 49.1 Å². The molecule has 1 saturated heterocycles. The van der Waals surface area contributed by atoms with Crippen LogP contribution in [0.1, 0.15) is 23.2 Å². The van der Waals surface area contributed by atoms with Gasteiger partial charge in [0.2, 0.25) is 0 Å². The average molecular weight is 420 g/mol. The molecule has 0 spiro atoms. The molecule has 1 fully saturated rings. The molecule has 0 unspecified atom stereocenters. The van der Waals surface area contributed by atoms with Crippen LogP contribution in [0.15, 0.2) is 30.3 Å². The summed E-state index contributed by atoms with van der Waals surface area (Å²) >= 11 is 0. The van der Waals surface area contributed by atoms with Crippen molar-refractivity contribution in [3.8, 4) is 0 Å². The van der Waals surface area contributed by atoms with E-state index in [4.69, 9.17) is 0 Å². The number of hydrogen-bond acceptors (Lipinski definition) is 5. The summed E-state index contributed by atoms with van der Waals surface area (Å²) in [7, 11) is 0. The highest BCUT2D eigenvalue weighted by atomic mass is 19.4. The number of amides is 1. The Morgan fingerprint density at radius 2 is 1.80 bits per heavy atom. The van der Waals surface area contributed by atoms with Gasteiger partial charge in [0.05, 0.1) is 18.1 Å². The standard InChI is InChI=1S/C21H22F3N3O3/c22-21(23,24)7-10-27-17-6-5-16(14-3-1-4-15(19(14)17)20(27)30)26-9-2-8-25(11-12-26)13-18(28)29/h1,3-6H,2,7-13H2,(H,28,29)/p-1. The van der Waals surface area contributed by atoms with E-state index in [1.807, 2.05) is 17.0 Å². The molecule has 0 saturated carbocycles. The van der Waals surface area contributed by atoms with Crippen LogP contribution in [-0.4, -0.2) is 62.2 Å². The molecule has 0 aromatic heterocycles. The molecule has 6 nitrogen and oxygen atoms in total. The van der Waals surface area contributed by atoms with Crippen molar-refractivity contribution in [2.45, 2.75) is 19.0 Å². The minimum atomic E-state index is -4.34. The van der Waals surface area contributed by atoms with E-state index in [0.717, 1.165) is 17.5 Å². The molecule has 2 aromatic carbocycles. The van der Waals surface area contributed by atoms with Gasteiger partial charge in [-0.15, -0.1) is 0 Å². The second-order valence-corrected chi connectivity index (χ2v) is 7.64. The second kappa shape index (κ2) is 7.79. The van der Waals surface area contributed by atoms with Gasteiger partial charge in [-0.05, 0) is 24.6 Å². The van der Waals surface area contributed by atoms with Gasteiger partial charge in [-0.1, -0.05) is 12.1 Å². The third kappa shape index (κ3) is 3.94. The Labute approximate surface area is 171 Å². The molecule has 0 N–H and O–H groups in total. The van der Waals surface area contributed by atoms with Crippen molar-refractivity contribution in [2.24, 2.45) is 0 Å². The van der Waals surface area contributed by atoms with Gasteiger partial charge in [-0.25, -0.2) is 0 Å². The SMILES string of the molecule is O=C([O-])CN1CCCN(c2ccc3c4c(cccc24)C(=O)N3CCC(F)(F)F)CC1. The highest BCUT2D eigenvalue weighted by Crippen LogP contribution is 2.42. The lowest BCUT2D eigenvalue weighted by Crippen LogP contribution is -2.40. The molecule has 30 heavy (non-hydrogen) atoms. The van der Waals surface area contributed by atoms with Gasteiger partial charge in [0.25, 0.3) is 5.91 Å². The monoisotopic (exact) mass is 420 g/mol. The van der Waals surface area contributed by atoms with E-state index in [9.17, 15) is 27.9 Å². The van der Waals surface area contributed by atoms with E-state index in [1.54, 1.807) is 18.2 Å². The first-order chi connectivity index (χ1) is 14.2. The van der Waals surface area contributed by atoms with Crippen LogP contribution in [0.4, 0.5) is 24.5 Å². The first-order valence-corrected chi connectivity index (χ1v) is 9.86. The van der Waals surface area contributed by atoms with Gasteiger partial charge in [-0.2, -0.15) is 13.2 Å². The Morgan fingerprint density at radius 1 is 1.03 bits per heavy atom. The molecule has 160 valence electrons. The number of hydrogen-bond donors (Lipinski definition) is 0. The lowest BCUT2D eigenvalue weighted by molar-refractivity contribution is -0.306. The molecule has 0 radical (unpaired) electrons. The molecular formula is C21H21F3N3O3-. The van der Waals surface area contributed by atoms with Crippen molar-refractivity contribution in [1.82, 2.24) is 4.90 Å². The lowest BCUT2D eigenvalue weighted by atomic mass is 10.0. The molecule has 4 rings (SSSR count). The highest BCUT2D eigenvalue weighted by molar-refractivity contribution is 6.26. The Morgan fingerprint density at radius 3 is 2.53 bits per heavy atom. The number of rotatable bonds is 5. The summed E-state index contributed by atoms with van der Waals surface area (Å²) in [6.07, 6.45) is -4.62. The van der Waals surface area contributed by atoms with Crippen LogP contribution in [0.2, 0.25) is 0 Å². The quantitative estimate of drug-likeness (QED) is 0.741. The number of benzene rings is 2. The van der Waals surface area contributed by atoms with Crippen LogP contribution in [0.5, 0.6) is 0 Å². The number of carbonyl (C=O) groups is 2. The Balaban J connectivity index is 1.64. The summed E-state index contributed by atoms with van der Waals surface area (Å²) in [6.45, 7) is 2.02. The number of nitrogens with zero attached hydrogens (tertiary/aromatic N) is 3. The molecule has 9 heteroatoms. The van der Waals surface area contributed by atoms with Crippen molar-refractivity contribution in [3.05, 3.63) is 35.9 Å². The molecular weight excluding hydrogens is 399 g/mol. The van der Waals surface area contributed by atoms with E-state index >= 15 is 0 Å². The third-order valence-corrected chi connectivity index (χ3v) is 5.66. The van der Waals surface area contributed by atoms with Crippen LogP contribution in [-0.2, 0) is 4.79 Å². The van der Waals surface area contributed by atoms with Crippen LogP contribution < -0.4 is 14.9 Å². The Kier molecular flexibility index (Phi) is 5.31. The molecule has 0 atom stereocenters. The fourth-order valence-corrected chi connectivity index (χ4v) is 4.32. The minimum Gasteiger partial charge on any atom is -0.549 e. The summed E-state index contributed by atoms with van der Waals surface area (Å²) < 4.78 is 38.2. The fourth-order valence-electron chi connectivity index (χ4n) is 4.32. The molecule has 0 aliphatic carbocycles. The molecule has 2 aliphatic heterocycles. The van der Waals surface area contributed by atoms with E-state index in [1.165, 1.54) is 4.90 Å². The largest absolute Gasteiger partial charge is 0.549 e. The number of alkyl halides is 3. The molecule has 0 bridgehead atoms. The van der Waals surface area contributed by atoms with Gasteiger partial charge in [0, 0.05) is 61.3 Å². The number of carbonyl (C=O) groups excluding carboxylic acids is 2. The summed E-state index contributed by atoms with van der Waals surface area (Å²) in [5, 5.41) is 12.4. The minimum absolute atomic E-state index is 0.111. The Bertz CT molecular complexity index is 993. The molecule has 1 amide bonds. The van der Waals surface area contributed by atoms with E-state index in [0.29, 0.717) is 42.8 Å². The first kappa shape index (κ1) is 20.5. The number of anilines is 2. The second-order valence-electron chi connectivity index (χ2n) is 7.64. The predicted molar refractivity (Wildman–Crippen MR) is 105 cm³/mol. The normalized spacial score (nSPS) is 17.6. The maximum atomic E-state index is 12.8. The fraction of sp³-hybridized carbons (Fsp3) is 0.429. The zero-order valence-electron chi connectivity index (χ0n) is 16.2. The van der Waals surface area contributed by atoms with Crippen LogP contribution >= 0.6 is 0 Å². The van der Waals surface area contributed by atoms with Crippen molar-refractivity contribution >= 4 is 34.0 Å². The van der Waals surface area contributed by atoms with Crippen LogP contribution in [0.3, 0.4) is 0 Å². The zero-order valence-corrected chi connectivity index (χ0v) is 16.2. The van der Waals surface area contributed by atoms with Crippen molar-refractivity contribution in [1.29, 1.82) is 0 Å². The van der Waals surface area contributed by atoms with E-state index < -0.39 is 31.0 Å². The number of carboxylic acids is 1. The molecule has 2 heterocycles. The van der Waals surface area contributed by atoms with Crippen molar-refractivity contribution in [3.63, 3.8) is 0 Å².